The van der Waals surface area contributed by atoms with Gasteiger partial charge in [0.1, 0.15) is 23.9 Å². The molecular formula is C15H23N2O4P. The van der Waals surface area contributed by atoms with Gasteiger partial charge in [-0.15, -0.1) is 13.2 Å². The molecule has 122 valence electrons. The summed E-state index contributed by atoms with van der Waals surface area (Å²) in [5, 5.41) is 15.8. The van der Waals surface area contributed by atoms with Crippen molar-refractivity contribution < 1.29 is 19.4 Å². The van der Waals surface area contributed by atoms with Crippen molar-refractivity contribution in [3.8, 4) is 0 Å². The number of carbonyl (C=O) groups excluding carboxylic acids is 1. The van der Waals surface area contributed by atoms with Gasteiger partial charge in [0.15, 0.2) is 0 Å². The Morgan fingerprint density at radius 1 is 1.55 bits per heavy atom. The number of rotatable bonds is 4. The quantitative estimate of drug-likeness (QED) is 0.664. The fourth-order valence-electron chi connectivity index (χ4n) is 3.13. The Kier molecular flexibility index (Phi) is 3.76. The van der Waals surface area contributed by atoms with Crippen molar-refractivity contribution >= 4 is 19.2 Å². The van der Waals surface area contributed by atoms with E-state index in [0.29, 0.717) is 17.9 Å². The highest BCUT2D eigenvalue weighted by atomic mass is 31.2. The first-order valence-electron chi connectivity index (χ1n) is 7.34. The van der Waals surface area contributed by atoms with Crippen LogP contribution >= 0.6 is 6.89 Å². The zero-order chi connectivity index (χ0) is 16.1. The molecule has 2 amide bonds. The summed E-state index contributed by atoms with van der Waals surface area (Å²) >= 11 is 0. The summed E-state index contributed by atoms with van der Waals surface area (Å²) in [4.78, 5) is 11.3. The molecule has 4 atom stereocenters. The fourth-order valence-corrected chi connectivity index (χ4v) is 4.11. The Bertz CT molecular complexity index is 596. The number of urea groups is 1. The van der Waals surface area contributed by atoms with Gasteiger partial charge in [-0.25, -0.2) is 4.79 Å². The molecule has 0 aromatic rings. The lowest BCUT2D eigenvalue weighted by Gasteiger charge is -2.34. The van der Waals surface area contributed by atoms with E-state index >= 15 is 0 Å². The number of ether oxygens (including phenoxy) is 2. The molecule has 6 nitrogen and oxygen atoms in total. The third-order valence-corrected chi connectivity index (χ3v) is 5.88. The number of amides is 2. The molecule has 2 bridgehead atoms. The van der Waals surface area contributed by atoms with Crippen molar-refractivity contribution in [2.45, 2.75) is 30.3 Å². The Hall–Kier alpha value is -1.07. The zero-order valence-electron chi connectivity index (χ0n) is 13.0. The summed E-state index contributed by atoms with van der Waals surface area (Å²) in [7, 11) is 0. The second-order valence-corrected chi connectivity index (χ2v) is 11.2. The van der Waals surface area contributed by atoms with Gasteiger partial charge in [-0.1, -0.05) is 6.58 Å². The molecule has 0 aliphatic carbocycles. The van der Waals surface area contributed by atoms with E-state index in [1.54, 1.807) is 6.20 Å². The smallest absolute Gasteiger partial charge is 0.323 e. The van der Waals surface area contributed by atoms with Crippen LogP contribution in [-0.2, 0) is 9.47 Å². The molecule has 0 aromatic carbocycles. The number of aliphatic hydroxyl groups is 1. The first kappa shape index (κ1) is 15.8. The normalized spacial score (nSPS) is 37.8. The van der Waals surface area contributed by atoms with Gasteiger partial charge in [0.25, 0.3) is 0 Å². The van der Waals surface area contributed by atoms with Crippen molar-refractivity contribution in [2.75, 3.05) is 26.1 Å². The van der Waals surface area contributed by atoms with Crippen LogP contribution in [0.4, 0.5) is 4.79 Å². The first-order chi connectivity index (χ1) is 10.2. The van der Waals surface area contributed by atoms with Crippen LogP contribution in [0.1, 0.15) is 6.42 Å². The molecule has 3 aliphatic rings. The minimum atomic E-state index is -1.20. The third kappa shape index (κ3) is 2.65. The van der Waals surface area contributed by atoms with E-state index in [2.05, 4.69) is 36.8 Å². The standard InChI is InChI=1S/C15H23N2O4P/c1-9-10(7-16-14(19)17-9)11-12-13(18)15(21-11,8-20-12)5-6-22(2,3)4/h7,11-13,18H,1-2,5-6,8H2,3-4H3,(H2,16,17,19)/t11?,12-,13-,15-/m0/s1. The maximum absolute atomic E-state index is 11.3. The van der Waals surface area contributed by atoms with E-state index < -0.39 is 30.8 Å². The van der Waals surface area contributed by atoms with Gasteiger partial charge in [-0.3, -0.25) is 0 Å². The number of fused-ring (bicyclic) bond motifs is 2. The van der Waals surface area contributed by atoms with E-state index in [-0.39, 0.29) is 6.03 Å². The van der Waals surface area contributed by atoms with Crippen LogP contribution in [0.15, 0.2) is 24.0 Å². The number of aliphatic hydroxyl groups excluding tert-OH is 1. The lowest BCUT2D eigenvalue weighted by molar-refractivity contribution is -0.132. The SMILES string of the molecule is C=C1NC(=O)NC=C1C1O[C@@]2(CCP(=C)(C)C)CO[C@@H]1[C@@H]2O. The maximum Gasteiger partial charge on any atom is 0.323 e. The summed E-state index contributed by atoms with van der Waals surface area (Å²) in [6.07, 6.45) is 5.94. The topological polar surface area (TPSA) is 79.8 Å². The van der Waals surface area contributed by atoms with Gasteiger partial charge in [0, 0.05) is 17.5 Å². The molecule has 2 saturated heterocycles. The molecule has 7 heteroatoms. The number of carbonyl (C=O) groups is 1. The van der Waals surface area contributed by atoms with Crippen molar-refractivity contribution in [3.63, 3.8) is 0 Å². The second-order valence-electron chi connectivity index (χ2n) is 6.91. The summed E-state index contributed by atoms with van der Waals surface area (Å²) < 4.78 is 12.0. The summed E-state index contributed by atoms with van der Waals surface area (Å²) in [5.41, 5.74) is 0.526. The van der Waals surface area contributed by atoms with Crippen LogP contribution in [0.5, 0.6) is 0 Å². The monoisotopic (exact) mass is 326 g/mol. The molecule has 3 aliphatic heterocycles. The predicted octanol–water partition coefficient (Wildman–Crippen LogP) is 0.693. The van der Waals surface area contributed by atoms with E-state index in [0.717, 1.165) is 12.6 Å². The van der Waals surface area contributed by atoms with Crippen LogP contribution < -0.4 is 10.6 Å². The highest BCUT2D eigenvalue weighted by Gasteiger charge is 2.61. The number of hydrogen-bond acceptors (Lipinski definition) is 4. The molecule has 22 heavy (non-hydrogen) atoms. The largest absolute Gasteiger partial charge is 0.387 e. The fraction of sp³-hybridized carbons (Fsp3) is 0.600. The van der Waals surface area contributed by atoms with Gasteiger partial charge in [0.05, 0.1) is 6.61 Å². The molecule has 0 spiro atoms. The number of nitrogens with one attached hydrogen (secondary N) is 2. The molecule has 0 aromatic heterocycles. The van der Waals surface area contributed by atoms with Gasteiger partial charge < -0.3 is 25.2 Å². The minimum Gasteiger partial charge on any atom is -0.387 e. The van der Waals surface area contributed by atoms with Gasteiger partial charge in [0.2, 0.25) is 0 Å². The third-order valence-electron chi connectivity index (χ3n) is 4.45. The minimum absolute atomic E-state index is 0.323. The van der Waals surface area contributed by atoms with Crippen molar-refractivity contribution in [3.05, 3.63) is 24.0 Å². The average Bonchev–Trinajstić information content (AvgIpc) is 2.87. The van der Waals surface area contributed by atoms with Crippen LogP contribution in [0.3, 0.4) is 0 Å². The van der Waals surface area contributed by atoms with Crippen LogP contribution in [0, 0.1) is 0 Å². The van der Waals surface area contributed by atoms with Crippen LogP contribution in [0.25, 0.3) is 0 Å². The van der Waals surface area contributed by atoms with Crippen LogP contribution in [-0.4, -0.2) is 67.4 Å². The molecule has 3 heterocycles. The molecule has 3 N–H and O–H groups in total. The van der Waals surface area contributed by atoms with E-state index in [9.17, 15) is 9.90 Å². The second kappa shape index (κ2) is 5.24. The lowest BCUT2D eigenvalue weighted by atomic mass is 9.94. The Morgan fingerprint density at radius 2 is 2.27 bits per heavy atom. The highest BCUT2D eigenvalue weighted by molar-refractivity contribution is 7.72. The summed E-state index contributed by atoms with van der Waals surface area (Å²) in [6.45, 7) is 7.38. The molecule has 2 fully saturated rings. The van der Waals surface area contributed by atoms with Gasteiger partial charge in [-0.05, 0) is 25.9 Å². The molecule has 1 unspecified atom stereocenters. The van der Waals surface area contributed by atoms with Crippen molar-refractivity contribution in [1.29, 1.82) is 0 Å². The van der Waals surface area contributed by atoms with Gasteiger partial charge in [-0.2, -0.15) is 0 Å². The molecular weight excluding hydrogens is 303 g/mol. The molecule has 0 saturated carbocycles. The van der Waals surface area contributed by atoms with Crippen molar-refractivity contribution in [1.82, 2.24) is 10.6 Å². The average molecular weight is 326 g/mol. The Balaban J connectivity index is 1.79. The lowest BCUT2D eigenvalue weighted by Crippen LogP contribution is -2.44. The predicted molar refractivity (Wildman–Crippen MR) is 87.6 cm³/mol. The van der Waals surface area contributed by atoms with E-state index in [1.165, 1.54) is 0 Å². The van der Waals surface area contributed by atoms with Crippen LogP contribution in [0.2, 0.25) is 0 Å². The summed E-state index contributed by atoms with van der Waals surface area (Å²) in [5.74, 6) is 0. The molecule has 3 rings (SSSR count). The highest BCUT2D eigenvalue weighted by Crippen LogP contribution is 2.48. The zero-order valence-corrected chi connectivity index (χ0v) is 13.9. The molecule has 0 radical (unpaired) electrons. The Labute approximate surface area is 130 Å². The Morgan fingerprint density at radius 3 is 2.91 bits per heavy atom. The van der Waals surface area contributed by atoms with E-state index in [4.69, 9.17) is 9.47 Å². The summed E-state index contributed by atoms with van der Waals surface area (Å²) in [6, 6.07) is -0.323. The maximum atomic E-state index is 11.3. The van der Waals surface area contributed by atoms with Gasteiger partial charge >= 0.3 is 6.03 Å². The number of hydrogen-bond donors (Lipinski definition) is 3. The van der Waals surface area contributed by atoms with Crippen molar-refractivity contribution in [2.24, 2.45) is 0 Å². The first-order valence-corrected chi connectivity index (χ1v) is 10.4. The van der Waals surface area contributed by atoms with E-state index in [1.807, 2.05) is 0 Å².